The van der Waals surface area contributed by atoms with Crippen molar-refractivity contribution in [1.82, 2.24) is 10.4 Å². The minimum absolute atomic E-state index is 0.112. The van der Waals surface area contributed by atoms with Crippen molar-refractivity contribution in [3.8, 4) is 0 Å². The number of hydrogen-bond acceptors (Lipinski definition) is 6. The zero-order chi connectivity index (χ0) is 22.6. The Bertz CT molecular complexity index is 556. The van der Waals surface area contributed by atoms with Crippen molar-refractivity contribution in [2.45, 2.75) is 98.8 Å². The van der Waals surface area contributed by atoms with Gasteiger partial charge in [-0.2, -0.15) is 5.06 Å². The number of esters is 1. The molecule has 7 heteroatoms. The molecule has 0 bridgehead atoms. The van der Waals surface area contributed by atoms with Crippen LogP contribution < -0.4 is 5.32 Å². The van der Waals surface area contributed by atoms with Crippen LogP contribution in [-0.4, -0.2) is 52.7 Å². The molecule has 1 atom stereocenters. The van der Waals surface area contributed by atoms with E-state index in [1.165, 1.54) is 5.06 Å². The fourth-order valence-corrected chi connectivity index (χ4v) is 4.32. The lowest BCUT2D eigenvalue weighted by molar-refractivity contribution is -0.256. The largest absolute Gasteiger partial charge is 0.463 e. The first kappa shape index (κ1) is 25.7. The third-order valence-corrected chi connectivity index (χ3v) is 6.05. The molecule has 1 amide bonds. The molecule has 0 saturated carbocycles. The van der Waals surface area contributed by atoms with Crippen LogP contribution in [0.1, 0.15) is 81.6 Å². The molecule has 7 nitrogen and oxygen atoms in total. The van der Waals surface area contributed by atoms with E-state index in [9.17, 15) is 14.8 Å². The summed E-state index contributed by atoms with van der Waals surface area (Å²) in [5.74, 6) is 0.330. The maximum Gasteiger partial charge on any atom is 0.407 e. The Labute approximate surface area is 176 Å². The maximum atomic E-state index is 12.6. The van der Waals surface area contributed by atoms with Gasteiger partial charge in [0.25, 0.3) is 0 Å². The molecule has 29 heavy (non-hydrogen) atoms. The second-order valence-electron chi connectivity index (χ2n) is 10.6. The number of ether oxygens (including phenoxy) is 2. The molecule has 0 aromatic rings. The molecule has 1 unspecified atom stereocenters. The minimum Gasteiger partial charge on any atom is -0.463 e. The normalized spacial score (nSPS) is 21.7. The Kier molecular flexibility index (Phi) is 8.55. The van der Waals surface area contributed by atoms with Gasteiger partial charge in [0.1, 0.15) is 12.7 Å². The fourth-order valence-electron chi connectivity index (χ4n) is 4.32. The van der Waals surface area contributed by atoms with Gasteiger partial charge in [-0.15, -0.1) is 0 Å². The molecular weight excluding hydrogens is 372 g/mol. The second-order valence-corrected chi connectivity index (χ2v) is 10.6. The number of carbonyl (C=O) groups is 2. The first-order valence-corrected chi connectivity index (χ1v) is 10.7. The van der Waals surface area contributed by atoms with Gasteiger partial charge in [-0.25, -0.2) is 4.79 Å². The molecule has 1 fully saturated rings. The molecule has 0 radical (unpaired) electrons. The number of nitrogens with zero attached hydrogens (tertiary/aromatic N) is 1. The Morgan fingerprint density at radius 1 is 1.14 bits per heavy atom. The van der Waals surface area contributed by atoms with Gasteiger partial charge in [0.05, 0.1) is 12.0 Å². The van der Waals surface area contributed by atoms with E-state index in [4.69, 9.17) is 9.47 Å². The van der Waals surface area contributed by atoms with Crippen molar-refractivity contribution in [1.29, 1.82) is 0 Å². The van der Waals surface area contributed by atoms with Crippen molar-refractivity contribution >= 4 is 12.1 Å². The summed E-state index contributed by atoms with van der Waals surface area (Å²) in [5, 5.41) is 14.3. The number of carbonyl (C=O) groups excluding carboxylic acids is 2. The molecule has 0 aliphatic carbocycles. The Hall–Kier alpha value is -1.34. The van der Waals surface area contributed by atoms with Crippen LogP contribution in [0, 0.1) is 17.3 Å². The van der Waals surface area contributed by atoms with E-state index in [1.807, 2.05) is 48.5 Å². The van der Waals surface area contributed by atoms with E-state index >= 15 is 0 Å². The SMILES string of the molecule is CC(C)CC(C)(C(=O)OCCNC(=O)OC1CC(C)(C)N(O)C(C)(C)C1)C(C)C. The van der Waals surface area contributed by atoms with Gasteiger partial charge in [-0.05, 0) is 52.9 Å². The fraction of sp³-hybridized carbons (Fsp3) is 0.909. The van der Waals surface area contributed by atoms with Crippen molar-refractivity contribution in [2.24, 2.45) is 17.3 Å². The van der Waals surface area contributed by atoms with E-state index < -0.39 is 22.6 Å². The van der Waals surface area contributed by atoms with Crippen molar-refractivity contribution < 1.29 is 24.3 Å². The summed E-state index contributed by atoms with van der Waals surface area (Å²) in [5.41, 5.74) is -1.51. The lowest BCUT2D eigenvalue weighted by Gasteiger charge is -2.50. The topological polar surface area (TPSA) is 88.1 Å². The quantitative estimate of drug-likeness (QED) is 0.453. The van der Waals surface area contributed by atoms with Crippen LogP contribution in [0.2, 0.25) is 0 Å². The second kappa shape index (κ2) is 9.65. The van der Waals surface area contributed by atoms with Gasteiger partial charge in [-0.3, -0.25) is 4.79 Å². The Balaban J connectivity index is 2.47. The Morgan fingerprint density at radius 3 is 2.10 bits per heavy atom. The highest BCUT2D eigenvalue weighted by Crippen LogP contribution is 2.38. The first-order valence-electron chi connectivity index (χ1n) is 10.7. The van der Waals surface area contributed by atoms with Gasteiger partial charge < -0.3 is 20.0 Å². The number of amides is 1. The van der Waals surface area contributed by atoms with E-state index in [0.717, 1.165) is 6.42 Å². The molecule has 1 rings (SSSR count). The highest BCUT2D eigenvalue weighted by Gasteiger charge is 2.46. The number of hydroxylamine groups is 2. The third-order valence-electron chi connectivity index (χ3n) is 6.05. The molecule has 0 spiro atoms. The number of rotatable bonds is 8. The maximum absolute atomic E-state index is 12.6. The van der Waals surface area contributed by atoms with Crippen LogP contribution >= 0.6 is 0 Å². The Morgan fingerprint density at radius 2 is 1.66 bits per heavy atom. The van der Waals surface area contributed by atoms with Crippen molar-refractivity contribution in [3.05, 3.63) is 0 Å². The molecule has 1 heterocycles. The summed E-state index contributed by atoms with van der Waals surface area (Å²) in [6.07, 6.45) is 1.02. The zero-order valence-corrected chi connectivity index (χ0v) is 19.8. The predicted octanol–water partition coefficient (Wildman–Crippen LogP) is 4.38. The predicted molar refractivity (Wildman–Crippen MR) is 113 cm³/mol. The van der Waals surface area contributed by atoms with Crippen molar-refractivity contribution in [2.75, 3.05) is 13.2 Å². The van der Waals surface area contributed by atoms with E-state index in [-0.39, 0.29) is 31.1 Å². The van der Waals surface area contributed by atoms with Crippen LogP contribution in [0.5, 0.6) is 0 Å². The highest BCUT2D eigenvalue weighted by atomic mass is 16.6. The summed E-state index contributed by atoms with van der Waals surface area (Å²) in [4.78, 5) is 24.7. The standard InChI is InChI=1S/C22H42N2O5/c1-15(2)12-22(9,16(3)4)18(25)28-11-10-23-19(26)29-17-13-20(5,6)24(27)21(7,8)14-17/h15-17,27H,10-14H2,1-9H3,(H,23,26). The zero-order valence-electron chi connectivity index (χ0n) is 19.8. The van der Waals surface area contributed by atoms with Crippen LogP contribution in [0.25, 0.3) is 0 Å². The molecule has 1 aliphatic rings. The van der Waals surface area contributed by atoms with E-state index in [1.54, 1.807) is 0 Å². The molecule has 0 aromatic carbocycles. The minimum atomic E-state index is -0.538. The lowest BCUT2D eigenvalue weighted by atomic mass is 9.73. The smallest absolute Gasteiger partial charge is 0.407 e. The first-order chi connectivity index (χ1) is 13.1. The molecule has 1 aliphatic heterocycles. The number of hydrogen-bond donors (Lipinski definition) is 2. The highest BCUT2D eigenvalue weighted by molar-refractivity contribution is 5.76. The summed E-state index contributed by atoms with van der Waals surface area (Å²) >= 11 is 0. The summed E-state index contributed by atoms with van der Waals surface area (Å²) in [6.45, 7) is 18.2. The monoisotopic (exact) mass is 414 g/mol. The van der Waals surface area contributed by atoms with Gasteiger partial charge in [0.2, 0.25) is 0 Å². The third kappa shape index (κ3) is 6.85. The summed E-state index contributed by atoms with van der Waals surface area (Å²) < 4.78 is 11.0. The molecular formula is C22H42N2O5. The molecule has 1 saturated heterocycles. The number of alkyl carbamates (subject to hydrolysis) is 1. The summed E-state index contributed by atoms with van der Waals surface area (Å²) in [6, 6.07) is 0. The number of nitrogens with one attached hydrogen (secondary N) is 1. The summed E-state index contributed by atoms with van der Waals surface area (Å²) in [7, 11) is 0. The van der Waals surface area contributed by atoms with Gasteiger partial charge >= 0.3 is 12.1 Å². The molecule has 0 aromatic heterocycles. The van der Waals surface area contributed by atoms with Crippen LogP contribution in [0.4, 0.5) is 4.79 Å². The van der Waals surface area contributed by atoms with Crippen LogP contribution in [0.3, 0.4) is 0 Å². The number of piperidine rings is 1. The van der Waals surface area contributed by atoms with Crippen LogP contribution in [0.15, 0.2) is 0 Å². The van der Waals surface area contributed by atoms with Gasteiger partial charge in [0, 0.05) is 23.9 Å². The average molecular weight is 415 g/mol. The molecule has 170 valence electrons. The molecule has 2 N–H and O–H groups in total. The van der Waals surface area contributed by atoms with E-state index in [2.05, 4.69) is 19.2 Å². The van der Waals surface area contributed by atoms with Crippen molar-refractivity contribution in [3.63, 3.8) is 0 Å². The average Bonchev–Trinajstić information content (AvgIpc) is 2.54. The van der Waals surface area contributed by atoms with Gasteiger partial charge in [0.15, 0.2) is 0 Å². The van der Waals surface area contributed by atoms with E-state index in [0.29, 0.717) is 18.8 Å². The lowest BCUT2D eigenvalue weighted by Crippen LogP contribution is -2.61. The van der Waals surface area contributed by atoms with Crippen LogP contribution in [-0.2, 0) is 14.3 Å². The van der Waals surface area contributed by atoms with Gasteiger partial charge in [-0.1, -0.05) is 27.7 Å².